The molecular weight excluding hydrogens is 234 g/mol. The summed E-state index contributed by atoms with van der Waals surface area (Å²) in [6, 6.07) is 0. The van der Waals surface area contributed by atoms with Crippen LogP contribution in [-0.4, -0.2) is 47.7 Å². The Hall–Kier alpha value is -0.650. The van der Waals surface area contributed by atoms with Gasteiger partial charge in [0.05, 0.1) is 17.2 Å². The van der Waals surface area contributed by atoms with Gasteiger partial charge in [-0.15, -0.1) is 0 Å². The van der Waals surface area contributed by atoms with Crippen LogP contribution in [-0.2, 0) is 6.61 Å². The first-order chi connectivity index (χ1) is 8.24. The average molecular weight is 255 g/mol. The van der Waals surface area contributed by atoms with Crippen LogP contribution in [0, 0.1) is 6.92 Å². The molecule has 0 saturated carbocycles. The second kappa shape index (κ2) is 5.80. The van der Waals surface area contributed by atoms with E-state index in [2.05, 4.69) is 21.7 Å². The normalized spacial score (nSPS) is 17.7. The van der Waals surface area contributed by atoms with E-state index in [1.165, 1.54) is 13.0 Å². The Morgan fingerprint density at radius 2 is 2.00 bits per heavy atom. The fourth-order valence-corrected chi connectivity index (χ4v) is 3.15. The van der Waals surface area contributed by atoms with Crippen LogP contribution in [0.4, 0.5) is 5.13 Å². The number of anilines is 1. The zero-order valence-electron chi connectivity index (χ0n) is 10.6. The lowest BCUT2D eigenvalue weighted by atomic mass is 10.3. The van der Waals surface area contributed by atoms with Crippen molar-refractivity contribution in [1.82, 2.24) is 9.88 Å². The van der Waals surface area contributed by atoms with E-state index in [-0.39, 0.29) is 6.61 Å². The van der Waals surface area contributed by atoms with E-state index >= 15 is 0 Å². The molecule has 1 aromatic rings. The number of hydrogen-bond donors (Lipinski definition) is 1. The van der Waals surface area contributed by atoms with Crippen LogP contribution in [0.3, 0.4) is 0 Å². The molecule has 96 valence electrons. The zero-order chi connectivity index (χ0) is 12.3. The van der Waals surface area contributed by atoms with Gasteiger partial charge in [-0.2, -0.15) is 0 Å². The Labute approximate surface area is 107 Å². The molecule has 0 spiro atoms. The number of aromatic nitrogens is 1. The number of aliphatic hydroxyl groups is 1. The Kier molecular flexibility index (Phi) is 4.36. The first-order valence-corrected chi connectivity index (χ1v) is 7.10. The Balaban J connectivity index is 1.95. The van der Waals surface area contributed by atoms with Crippen LogP contribution >= 0.6 is 11.3 Å². The highest BCUT2D eigenvalue weighted by molar-refractivity contribution is 7.15. The second-order valence-corrected chi connectivity index (χ2v) is 5.55. The molecule has 5 heteroatoms. The van der Waals surface area contributed by atoms with Gasteiger partial charge >= 0.3 is 0 Å². The molecule has 0 atom stereocenters. The van der Waals surface area contributed by atoms with E-state index in [0.717, 1.165) is 41.9 Å². The molecule has 2 heterocycles. The minimum absolute atomic E-state index is 0.110. The predicted octanol–water partition coefficient (Wildman–Crippen LogP) is 1.48. The standard InChI is InChI=1S/C12H21N3OS/c1-3-4-14-5-7-15(8-6-14)12-13-10(2)11(9-16)17-12/h16H,3-9H2,1-2H3. The molecule has 1 aliphatic rings. The maximum atomic E-state index is 9.19. The van der Waals surface area contributed by atoms with Gasteiger partial charge in [0.1, 0.15) is 0 Å². The van der Waals surface area contributed by atoms with E-state index in [9.17, 15) is 5.11 Å². The van der Waals surface area contributed by atoms with Gasteiger partial charge in [0.2, 0.25) is 0 Å². The molecule has 2 rings (SSSR count). The molecule has 0 unspecified atom stereocenters. The number of nitrogens with zero attached hydrogens (tertiary/aromatic N) is 3. The van der Waals surface area contributed by atoms with Crippen LogP contribution in [0.1, 0.15) is 23.9 Å². The smallest absolute Gasteiger partial charge is 0.185 e. The van der Waals surface area contributed by atoms with Crippen molar-refractivity contribution in [3.8, 4) is 0 Å². The van der Waals surface area contributed by atoms with Gasteiger partial charge in [-0.1, -0.05) is 18.3 Å². The molecule has 1 fully saturated rings. The summed E-state index contributed by atoms with van der Waals surface area (Å²) in [7, 11) is 0. The lowest BCUT2D eigenvalue weighted by molar-refractivity contribution is 0.258. The van der Waals surface area contributed by atoms with Crippen molar-refractivity contribution < 1.29 is 5.11 Å². The summed E-state index contributed by atoms with van der Waals surface area (Å²) in [5, 5.41) is 10.3. The van der Waals surface area contributed by atoms with Crippen molar-refractivity contribution in [2.24, 2.45) is 0 Å². The third-order valence-corrected chi connectivity index (χ3v) is 4.41. The highest BCUT2D eigenvalue weighted by Gasteiger charge is 2.19. The van der Waals surface area contributed by atoms with Crippen LogP contribution in [0.15, 0.2) is 0 Å². The summed E-state index contributed by atoms with van der Waals surface area (Å²) in [6.07, 6.45) is 1.23. The molecule has 1 aromatic heterocycles. The molecule has 1 N–H and O–H groups in total. The van der Waals surface area contributed by atoms with Crippen LogP contribution in [0.5, 0.6) is 0 Å². The zero-order valence-corrected chi connectivity index (χ0v) is 11.5. The van der Waals surface area contributed by atoms with Crippen molar-refractivity contribution >= 4 is 16.5 Å². The largest absolute Gasteiger partial charge is 0.391 e. The highest BCUT2D eigenvalue weighted by Crippen LogP contribution is 2.26. The van der Waals surface area contributed by atoms with Gasteiger partial charge in [0.15, 0.2) is 5.13 Å². The number of aryl methyl sites for hydroxylation is 1. The number of rotatable bonds is 4. The fourth-order valence-electron chi connectivity index (χ4n) is 2.17. The van der Waals surface area contributed by atoms with E-state index in [1.54, 1.807) is 11.3 Å². The highest BCUT2D eigenvalue weighted by atomic mass is 32.1. The molecule has 0 bridgehead atoms. The molecule has 1 saturated heterocycles. The van der Waals surface area contributed by atoms with Gasteiger partial charge < -0.3 is 10.0 Å². The van der Waals surface area contributed by atoms with E-state index in [0.29, 0.717) is 0 Å². The molecule has 4 nitrogen and oxygen atoms in total. The molecule has 0 amide bonds. The number of thiazole rings is 1. The van der Waals surface area contributed by atoms with Gasteiger partial charge in [-0.25, -0.2) is 4.98 Å². The van der Waals surface area contributed by atoms with Gasteiger partial charge in [-0.3, -0.25) is 4.90 Å². The molecule has 0 radical (unpaired) electrons. The van der Waals surface area contributed by atoms with Crippen molar-refractivity contribution in [2.75, 3.05) is 37.6 Å². The topological polar surface area (TPSA) is 39.6 Å². The van der Waals surface area contributed by atoms with Crippen LogP contribution in [0.2, 0.25) is 0 Å². The van der Waals surface area contributed by atoms with Gasteiger partial charge in [-0.05, 0) is 19.9 Å². The maximum Gasteiger partial charge on any atom is 0.185 e. The van der Waals surface area contributed by atoms with Crippen molar-refractivity contribution in [2.45, 2.75) is 26.9 Å². The number of piperazine rings is 1. The summed E-state index contributed by atoms with van der Waals surface area (Å²) < 4.78 is 0. The van der Waals surface area contributed by atoms with Gasteiger partial charge in [0, 0.05) is 26.2 Å². The van der Waals surface area contributed by atoms with Crippen molar-refractivity contribution in [3.05, 3.63) is 10.6 Å². The van der Waals surface area contributed by atoms with Crippen molar-refractivity contribution in [1.29, 1.82) is 0 Å². The summed E-state index contributed by atoms with van der Waals surface area (Å²) >= 11 is 1.63. The molecule has 1 aliphatic heterocycles. The second-order valence-electron chi connectivity index (χ2n) is 4.49. The summed E-state index contributed by atoms with van der Waals surface area (Å²) in [5.74, 6) is 0. The Bertz CT molecular complexity index is 359. The van der Waals surface area contributed by atoms with Crippen LogP contribution in [0.25, 0.3) is 0 Å². The van der Waals surface area contributed by atoms with Gasteiger partial charge in [0.25, 0.3) is 0 Å². The maximum absolute atomic E-state index is 9.19. The summed E-state index contributed by atoms with van der Waals surface area (Å²) in [4.78, 5) is 10.4. The SMILES string of the molecule is CCCN1CCN(c2nc(C)c(CO)s2)CC1. The molecule has 17 heavy (non-hydrogen) atoms. The number of aliphatic hydroxyl groups excluding tert-OH is 1. The Morgan fingerprint density at radius 1 is 1.29 bits per heavy atom. The lowest BCUT2D eigenvalue weighted by Gasteiger charge is -2.34. The monoisotopic (exact) mass is 255 g/mol. The molecule has 0 aromatic carbocycles. The minimum Gasteiger partial charge on any atom is -0.391 e. The quantitative estimate of drug-likeness (QED) is 0.884. The summed E-state index contributed by atoms with van der Waals surface area (Å²) in [6.45, 7) is 9.87. The van der Waals surface area contributed by atoms with Crippen LogP contribution < -0.4 is 4.90 Å². The minimum atomic E-state index is 0.110. The summed E-state index contributed by atoms with van der Waals surface area (Å²) in [5.41, 5.74) is 0.975. The van der Waals surface area contributed by atoms with E-state index < -0.39 is 0 Å². The predicted molar refractivity (Wildman–Crippen MR) is 71.7 cm³/mol. The van der Waals surface area contributed by atoms with E-state index in [1.807, 2.05) is 6.92 Å². The first kappa shape index (κ1) is 12.8. The Morgan fingerprint density at radius 3 is 2.53 bits per heavy atom. The first-order valence-electron chi connectivity index (χ1n) is 6.29. The fraction of sp³-hybridized carbons (Fsp3) is 0.750. The number of hydrogen-bond acceptors (Lipinski definition) is 5. The molecule has 0 aliphatic carbocycles. The average Bonchev–Trinajstić information content (AvgIpc) is 2.72. The van der Waals surface area contributed by atoms with E-state index in [4.69, 9.17) is 0 Å². The lowest BCUT2D eigenvalue weighted by Crippen LogP contribution is -2.46. The van der Waals surface area contributed by atoms with Crippen molar-refractivity contribution in [3.63, 3.8) is 0 Å². The molecular formula is C12H21N3OS. The third-order valence-electron chi connectivity index (χ3n) is 3.21. The third kappa shape index (κ3) is 2.97.